The normalized spacial score (nSPS) is 21.2. The number of aryl methyl sites for hydroxylation is 1. The molecule has 1 spiro atoms. The lowest BCUT2D eigenvalue weighted by molar-refractivity contribution is -0.0236. The van der Waals surface area contributed by atoms with E-state index in [1.54, 1.807) is 0 Å². The van der Waals surface area contributed by atoms with E-state index in [2.05, 4.69) is 117 Å². The summed E-state index contributed by atoms with van der Waals surface area (Å²) in [5.41, 5.74) is 16.6. The molecule has 4 aliphatic rings. The lowest BCUT2D eigenvalue weighted by Gasteiger charge is -2.37. The first kappa shape index (κ1) is 31.1. The molecule has 1 N–H and O–H groups in total. The van der Waals surface area contributed by atoms with Crippen LogP contribution >= 0.6 is 0 Å². The maximum absolute atomic E-state index is 10.9. The van der Waals surface area contributed by atoms with E-state index >= 15 is 0 Å². The van der Waals surface area contributed by atoms with E-state index in [1.165, 1.54) is 78.7 Å². The zero-order valence-electron chi connectivity index (χ0n) is 29.1. The van der Waals surface area contributed by atoms with Crippen molar-refractivity contribution in [3.8, 4) is 11.1 Å². The molecule has 48 heavy (non-hydrogen) atoms. The van der Waals surface area contributed by atoms with Gasteiger partial charge in [-0.3, -0.25) is 4.98 Å². The Bertz CT molecular complexity index is 2050. The van der Waals surface area contributed by atoms with Gasteiger partial charge in [0, 0.05) is 18.3 Å². The van der Waals surface area contributed by atoms with Crippen LogP contribution in [0.2, 0.25) is 6.32 Å². The molecule has 2 unspecified atom stereocenters. The molecule has 3 aromatic carbocycles. The first-order valence-electron chi connectivity index (χ1n) is 17.9. The van der Waals surface area contributed by atoms with Crippen molar-refractivity contribution >= 4 is 18.4 Å². The van der Waals surface area contributed by atoms with Crippen molar-refractivity contribution in [2.75, 3.05) is 0 Å². The third-order valence-electron chi connectivity index (χ3n) is 12.1. The molecule has 0 amide bonds. The Hall–Kier alpha value is -4.21. The van der Waals surface area contributed by atoms with Gasteiger partial charge in [0.2, 0.25) is 0 Å². The Morgan fingerprint density at radius 2 is 1.62 bits per heavy atom. The number of rotatable bonds is 6. The van der Waals surface area contributed by atoms with Crippen molar-refractivity contribution < 1.29 is 5.11 Å². The van der Waals surface area contributed by atoms with E-state index in [-0.39, 0.29) is 16.7 Å². The first-order chi connectivity index (χ1) is 23.1. The van der Waals surface area contributed by atoms with E-state index < -0.39 is 5.60 Å². The summed E-state index contributed by atoms with van der Waals surface area (Å²) < 4.78 is 0. The Balaban J connectivity index is 1.29. The zero-order valence-corrected chi connectivity index (χ0v) is 29.1. The standard InChI is InChI=1S/C45H46BNO/c1-29-17-19-37-38-20-18-30(32-23-33(31-12-11-21-47-27-31)25-34(24-32)46-28-43(2,3)44(4,5)48)26-42(38)45(41(37)22-29)39-15-8-6-7-13-35(39)36-14-9-10-16-40(36)45/h9-22,24-27,32,46,48H,6-8,23,28H2,1-5H3. The minimum atomic E-state index is -0.753. The first-order valence-corrected chi connectivity index (χ1v) is 17.9. The second-order valence-corrected chi connectivity index (χ2v) is 15.7. The number of allylic oxidation sites excluding steroid dienone is 8. The van der Waals surface area contributed by atoms with Crippen molar-refractivity contribution in [1.82, 2.24) is 4.98 Å². The molecule has 1 aromatic heterocycles. The summed E-state index contributed by atoms with van der Waals surface area (Å²) in [7, 11) is 0.922. The van der Waals surface area contributed by atoms with Crippen LogP contribution in [0.5, 0.6) is 0 Å². The highest BCUT2D eigenvalue weighted by Gasteiger charge is 2.53. The van der Waals surface area contributed by atoms with Crippen LogP contribution < -0.4 is 0 Å². The minimum Gasteiger partial charge on any atom is -0.390 e. The van der Waals surface area contributed by atoms with Gasteiger partial charge in [-0.25, -0.2) is 0 Å². The Labute approximate surface area is 287 Å². The Morgan fingerprint density at radius 3 is 2.42 bits per heavy atom. The molecule has 240 valence electrons. The summed E-state index contributed by atoms with van der Waals surface area (Å²) in [6.07, 6.45) is 19.1. The topological polar surface area (TPSA) is 33.1 Å². The lowest BCUT2D eigenvalue weighted by Crippen LogP contribution is -2.39. The average molecular weight is 628 g/mol. The lowest BCUT2D eigenvalue weighted by atomic mass is 9.54. The van der Waals surface area contributed by atoms with E-state index in [0.29, 0.717) is 0 Å². The number of hydrogen-bond donors (Lipinski definition) is 1. The fourth-order valence-corrected chi connectivity index (χ4v) is 8.67. The predicted molar refractivity (Wildman–Crippen MR) is 203 cm³/mol. The van der Waals surface area contributed by atoms with Gasteiger partial charge in [-0.05, 0) is 119 Å². The summed E-state index contributed by atoms with van der Waals surface area (Å²) in [6.45, 7) is 10.5. The van der Waals surface area contributed by atoms with Crippen LogP contribution in [-0.4, -0.2) is 23.0 Å². The molecule has 4 aromatic rings. The van der Waals surface area contributed by atoms with Crippen LogP contribution in [0.25, 0.3) is 22.3 Å². The number of benzene rings is 3. The number of aromatic nitrogens is 1. The predicted octanol–water partition coefficient (Wildman–Crippen LogP) is 10.3. The number of hydrogen-bond acceptors (Lipinski definition) is 2. The molecule has 0 fully saturated rings. The van der Waals surface area contributed by atoms with E-state index in [1.807, 2.05) is 32.3 Å². The van der Waals surface area contributed by atoms with Gasteiger partial charge in [0.25, 0.3) is 0 Å². The monoisotopic (exact) mass is 627 g/mol. The quantitative estimate of drug-likeness (QED) is 0.216. The van der Waals surface area contributed by atoms with Gasteiger partial charge in [-0.15, -0.1) is 0 Å². The number of nitrogens with zero attached hydrogens (tertiary/aromatic N) is 1. The van der Waals surface area contributed by atoms with E-state index in [0.717, 1.165) is 32.9 Å². The molecular formula is C45H46BNO. The zero-order chi connectivity index (χ0) is 33.3. The van der Waals surface area contributed by atoms with Crippen LogP contribution in [0.15, 0.2) is 121 Å². The SMILES string of the molecule is Cc1ccc2c(c1)C1(C3=CCCCC=C3c3ccccc31)c1cc(C3C=C(BCC(C)(C)C(C)(C)O)C=C(c4cccnc4)C3)ccc1-2. The van der Waals surface area contributed by atoms with E-state index in [4.69, 9.17) is 0 Å². The fourth-order valence-electron chi connectivity index (χ4n) is 8.67. The molecule has 0 aliphatic heterocycles. The highest BCUT2D eigenvalue weighted by atomic mass is 16.3. The Kier molecular flexibility index (Phi) is 7.42. The number of aliphatic hydroxyl groups is 1. The molecule has 2 atom stereocenters. The van der Waals surface area contributed by atoms with Crippen LogP contribution in [0.1, 0.15) is 98.2 Å². The molecule has 2 nitrogen and oxygen atoms in total. The highest BCUT2D eigenvalue weighted by molar-refractivity contribution is 6.47. The van der Waals surface area contributed by atoms with Crippen molar-refractivity contribution in [3.05, 3.63) is 159 Å². The van der Waals surface area contributed by atoms with Gasteiger partial charge in [0.1, 0.15) is 0 Å². The summed E-state index contributed by atoms with van der Waals surface area (Å²) in [4.78, 5) is 4.49. The fraction of sp³-hybridized carbons (Fsp3) is 0.311. The number of pyridine rings is 1. The van der Waals surface area contributed by atoms with Gasteiger partial charge in [0.05, 0.1) is 11.0 Å². The maximum Gasteiger partial charge on any atom is 0.157 e. The molecule has 0 saturated carbocycles. The third-order valence-corrected chi connectivity index (χ3v) is 12.1. The largest absolute Gasteiger partial charge is 0.390 e. The van der Waals surface area contributed by atoms with Gasteiger partial charge >= 0.3 is 0 Å². The van der Waals surface area contributed by atoms with Gasteiger partial charge < -0.3 is 5.11 Å². The second-order valence-electron chi connectivity index (χ2n) is 15.7. The molecule has 4 aliphatic carbocycles. The molecule has 0 bridgehead atoms. The van der Waals surface area contributed by atoms with Gasteiger partial charge in [-0.1, -0.05) is 122 Å². The van der Waals surface area contributed by atoms with Crippen molar-refractivity contribution in [2.45, 2.75) is 83.6 Å². The van der Waals surface area contributed by atoms with Crippen molar-refractivity contribution in [2.24, 2.45) is 5.41 Å². The van der Waals surface area contributed by atoms with Crippen molar-refractivity contribution in [1.29, 1.82) is 0 Å². The van der Waals surface area contributed by atoms with Crippen molar-refractivity contribution in [3.63, 3.8) is 0 Å². The number of fused-ring (bicyclic) bond motifs is 10. The van der Waals surface area contributed by atoms with Crippen LogP contribution in [-0.2, 0) is 5.41 Å². The molecule has 0 radical (unpaired) electrons. The summed E-state index contributed by atoms with van der Waals surface area (Å²) in [5.74, 6) is 0.244. The van der Waals surface area contributed by atoms with E-state index in [9.17, 15) is 5.11 Å². The van der Waals surface area contributed by atoms with Crippen LogP contribution in [0.3, 0.4) is 0 Å². The highest BCUT2D eigenvalue weighted by Crippen LogP contribution is 2.64. The minimum absolute atomic E-state index is 0.208. The summed E-state index contributed by atoms with van der Waals surface area (Å²) in [5, 5.41) is 10.9. The Morgan fingerprint density at radius 1 is 0.854 bits per heavy atom. The average Bonchev–Trinajstić information content (AvgIpc) is 3.37. The maximum atomic E-state index is 10.9. The molecule has 8 rings (SSSR count). The van der Waals surface area contributed by atoms with Crippen LogP contribution in [0, 0.1) is 12.3 Å². The second kappa shape index (κ2) is 11.5. The van der Waals surface area contributed by atoms with Crippen LogP contribution in [0.4, 0.5) is 0 Å². The summed E-state index contributed by atoms with van der Waals surface area (Å²) >= 11 is 0. The molecular weight excluding hydrogens is 581 g/mol. The molecule has 3 heteroatoms. The smallest absolute Gasteiger partial charge is 0.157 e. The third kappa shape index (κ3) is 4.85. The summed E-state index contributed by atoms with van der Waals surface area (Å²) in [6, 6.07) is 27.9. The van der Waals surface area contributed by atoms with Gasteiger partial charge in [0.15, 0.2) is 7.28 Å². The molecule has 0 saturated heterocycles. The molecule has 1 heterocycles. The van der Waals surface area contributed by atoms with Gasteiger partial charge in [-0.2, -0.15) is 0 Å².